The zero-order valence-electron chi connectivity index (χ0n) is 14.7. The predicted octanol–water partition coefficient (Wildman–Crippen LogP) is 2.05. The number of nitrogens with zero attached hydrogens (tertiary/aromatic N) is 3. The van der Waals surface area contributed by atoms with Gasteiger partial charge in [0.1, 0.15) is 0 Å². The van der Waals surface area contributed by atoms with E-state index >= 15 is 0 Å². The largest absolute Gasteiger partial charge is 0.424 e. The minimum atomic E-state index is -0.136. The molecule has 8 nitrogen and oxygen atoms in total. The van der Waals surface area contributed by atoms with Crippen molar-refractivity contribution in [2.24, 2.45) is 0 Å². The molecule has 2 rings (SSSR count). The van der Waals surface area contributed by atoms with Crippen molar-refractivity contribution in [1.29, 1.82) is 0 Å². The molecule has 1 aromatic heterocycles. The summed E-state index contributed by atoms with van der Waals surface area (Å²) in [4.78, 5) is 25.1. The van der Waals surface area contributed by atoms with E-state index in [-0.39, 0.29) is 18.4 Å². The first-order chi connectivity index (χ1) is 12.0. The summed E-state index contributed by atoms with van der Waals surface area (Å²) >= 11 is 0. The monoisotopic (exact) mass is 345 g/mol. The number of anilines is 2. The molecule has 0 aliphatic heterocycles. The molecular formula is C17H23N5O3. The van der Waals surface area contributed by atoms with Gasteiger partial charge in [0.25, 0.3) is 0 Å². The van der Waals surface area contributed by atoms with Crippen LogP contribution in [0.15, 0.2) is 28.7 Å². The zero-order valence-corrected chi connectivity index (χ0v) is 14.7. The summed E-state index contributed by atoms with van der Waals surface area (Å²) in [5.74, 6) is 0.827. The van der Waals surface area contributed by atoms with Crippen molar-refractivity contribution in [3.63, 3.8) is 0 Å². The lowest BCUT2D eigenvalue weighted by Gasteiger charge is -2.17. The van der Waals surface area contributed by atoms with E-state index in [1.165, 1.54) is 6.92 Å². The van der Waals surface area contributed by atoms with Gasteiger partial charge in [0.15, 0.2) is 0 Å². The van der Waals surface area contributed by atoms with Crippen LogP contribution in [0.5, 0.6) is 0 Å². The Morgan fingerprint density at radius 2 is 1.64 bits per heavy atom. The number of hydrogen-bond donors (Lipinski definition) is 2. The summed E-state index contributed by atoms with van der Waals surface area (Å²) < 4.78 is 5.48. The summed E-state index contributed by atoms with van der Waals surface area (Å²) in [6, 6.07) is 6.95. The van der Waals surface area contributed by atoms with Crippen molar-refractivity contribution < 1.29 is 14.0 Å². The van der Waals surface area contributed by atoms with Gasteiger partial charge in [-0.3, -0.25) is 14.5 Å². The summed E-state index contributed by atoms with van der Waals surface area (Å²) in [6.07, 6.45) is 0.689. The molecule has 0 aliphatic carbocycles. The first-order valence-corrected chi connectivity index (χ1v) is 8.21. The molecule has 25 heavy (non-hydrogen) atoms. The highest BCUT2D eigenvalue weighted by atomic mass is 16.4. The number of benzene rings is 1. The Hall–Kier alpha value is -2.74. The molecule has 1 heterocycles. The number of amides is 2. The van der Waals surface area contributed by atoms with E-state index in [0.717, 1.165) is 0 Å². The van der Waals surface area contributed by atoms with Crippen LogP contribution in [0, 0.1) is 0 Å². The Morgan fingerprint density at radius 1 is 1.04 bits per heavy atom. The quantitative estimate of drug-likeness (QED) is 0.759. The number of aromatic nitrogens is 2. The lowest BCUT2D eigenvalue weighted by atomic mass is 10.2. The van der Waals surface area contributed by atoms with Gasteiger partial charge in [-0.1, -0.05) is 13.8 Å². The number of carbonyl (C=O) groups is 2. The Morgan fingerprint density at radius 3 is 2.16 bits per heavy atom. The van der Waals surface area contributed by atoms with Gasteiger partial charge in [0.2, 0.25) is 23.6 Å². The number of hydrogen-bond acceptors (Lipinski definition) is 6. The Kier molecular flexibility index (Phi) is 6.64. The van der Waals surface area contributed by atoms with Crippen LogP contribution in [0.1, 0.15) is 32.6 Å². The highest BCUT2D eigenvalue weighted by Gasteiger charge is 2.13. The van der Waals surface area contributed by atoms with Crippen LogP contribution < -0.4 is 10.6 Å². The first-order valence-electron chi connectivity index (χ1n) is 8.21. The van der Waals surface area contributed by atoms with E-state index in [4.69, 9.17) is 4.42 Å². The molecule has 8 heteroatoms. The van der Waals surface area contributed by atoms with Crippen molar-refractivity contribution in [1.82, 2.24) is 15.1 Å². The molecule has 0 unspecified atom stereocenters. The van der Waals surface area contributed by atoms with Crippen LogP contribution in [0.25, 0.3) is 0 Å². The molecule has 0 saturated heterocycles. The van der Waals surface area contributed by atoms with Crippen molar-refractivity contribution in [2.45, 2.75) is 33.7 Å². The van der Waals surface area contributed by atoms with E-state index in [1.54, 1.807) is 24.3 Å². The average Bonchev–Trinajstić information content (AvgIpc) is 3.03. The van der Waals surface area contributed by atoms with Gasteiger partial charge in [0, 0.05) is 24.7 Å². The first kappa shape index (κ1) is 18.6. The Bertz CT molecular complexity index is 711. The second-order valence-electron chi connectivity index (χ2n) is 5.55. The van der Waals surface area contributed by atoms with Gasteiger partial charge in [-0.2, -0.15) is 0 Å². The molecule has 0 spiro atoms. The Labute approximate surface area is 146 Å². The third-order valence-electron chi connectivity index (χ3n) is 3.47. The van der Waals surface area contributed by atoms with Crippen molar-refractivity contribution in [3.8, 4) is 0 Å². The molecule has 0 saturated carbocycles. The molecule has 0 fully saturated rings. The number of rotatable bonds is 8. The third-order valence-corrected chi connectivity index (χ3v) is 3.47. The molecule has 2 aromatic rings. The lowest BCUT2D eigenvalue weighted by Crippen LogP contribution is -2.32. The number of nitrogens with one attached hydrogen (secondary N) is 2. The van der Waals surface area contributed by atoms with Crippen molar-refractivity contribution in [2.75, 3.05) is 23.7 Å². The van der Waals surface area contributed by atoms with Crippen LogP contribution in [-0.2, 0) is 22.6 Å². The Balaban J connectivity index is 1.87. The highest BCUT2D eigenvalue weighted by Crippen LogP contribution is 2.13. The molecule has 0 bridgehead atoms. The van der Waals surface area contributed by atoms with E-state index in [1.807, 2.05) is 18.7 Å². The standard InChI is InChI=1S/C17H23N5O3/c1-4-16-20-21-17(25-16)11-22(5-2)10-15(24)19-14-8-6-13(7-9-14)18-12(3)23/h6-9H,4-5,10-11H2,1-3H3,(H,18,23)(H,19,24). The molecule has 134 valence electrons. The topological polar surface area (TPSA) is 100 Å². The predicted molar refractivity (Wildman–Crippen MR) is 94.0 cm³/mol. The van der Waals surface area contributed by atoms with Gasteiger partial charge >= 0.3 is 0 Å². The van der Waals surface area contributed by atoms with Crippen LogP contribution in [0.4, 0.5) is 11.4 Å². The summed E-state index contributed by atoms with van der Waals surface area (Å²) in [5.41, 5.74) is 1.35. The summed E-state index contributed by atoms with van der Waals surface area (Å²) in [7, 11) is 0. The van der Waals surface area contributed by atoms with Crippen molar-refractivity contribution in [3.05, 3.63) is 36.0 Å². The maximum absolute atomic E-state index is 12.2. The molecule has 2 N–H and O–H groups in total. The minimum absolute atomic E-state index is 0.135. The maximum atomic E-state index is 12.2. The van der Waals surface area contributed by atoms with E-state index in [9.17, 15) is 9.59 Å². The highest BCUT2D eigenvalue weighted by molar-refractivity contribution is 5.93. The molecule has 0 aliphatic rings. The number of aryl methyl sites for hydroxylation is 1. The molecular weight excluding hydrogens is 322 g/mol. The smallest absolute Gasteiger partial charge is 0.238 e. The number of carbonyl (C=O) groups excluding carboxylic acids is 2. The zero-order chi connectivity index (χ0) is 18.2. The lowest BCUT2D eigenvalue weighted by molar-refractivity contribution is -0.117. The van der Waals surface area contributed by atoms with Crippen LogP contribution >= 0.6 is 0 Å². The fourth-order valence-electron chi connectivity index (χ4n) is 2.21. The molecule has 2 amide bonds. The maximum Gasteiger partial charge on any atom is 0.238 e. The van der Waals surface area contributed by atoms with Crippen LogP contribution in [0.3, 0.4) is 0 Å². The normalized spacial score (nSPS) is 10.7. The van der Waals surface area contributed by atoms with Gasteiger partial charge in [0.05, 0.1) is 13.1 Å². The fourth-order valence-corrected chi connectivity index (χ4v) is 2.21. The summed E-state index contributed by atoms with van der Waals surface area (Å²) in [6.45, 7) is 6.68. The fraction of sp³-hybridized carbons (Fsp3) is 0.412. The van der Waals surface area contributed by atoms with E-state index < -0.39 is 0 Å². The molecule has 0 radical (unpaired) electrons. The summed E-state index contributed by atoms with van der Waals surface area (Å²) in [5, 5.41) is 13.4. The molecule has 0 atom stereocenters. The van der Waals surface area contributed by atoms with E-state index in [2.05, 4.69) is 20.8 Å². The second kappa shape index (κ2) is 8.93. The molecule has 1 aromatic carbocycles. The minimum Gasteiger partial charge on any atom is -0.424 e. The average molecular weight is 345 g/mol. The van der Waals surface area contributed by atoms with Crippen LogP contribution in [-0.4, -0.2) is 40.0 Å². The van der Waals surface area contributed by atoms with Gasteiger partial charge in [-0.25, -0.2) is 0 Å². The van der Waals surface area contributed by atoms with Crippen LogP contribution in [0.2, 0.25) is 0 Å². The number of likely N-dealkylation sites (N-methyl/N-ethyl adjacent to an activating group) is 1. The van der Waals surface area contributed by atoms with Gasteiger partial charge in [-0.05, 0) is 30.8 Å². The van der Waals surface area contributed by atoms with E-state index in [0.29, 0.717) is 42.7 Å². The van der Waals surface area contributed by atoms with Gasteiger partial charge < -0.3 is 15.1 Å². The third kappa shape index (κ3) is 6.00. The SMILES string of the molecule is CCc1nnc(CN(CC)CC(=O)Nc2ccc(NC(C)=O)cc2)o1. The van der Waals surface area contributed by atoms with Crippen molar-refractivity contribution >= 4 is 23.2 Å². The second-order valence-corrected chi connectivity index (χ2v) is 5.55. The van der Waals surface area contributed by atoms with Gasteiger partial charge in [-0.15, -0.1) is 10.2 Å².